The third-order valence-electron chi connectivity index (χ3n) is 2.17. The molecular formula is C12H15F3N2S. The van der Waals surface area contributed by atoms with Crippen molar-refractivity contribution in [3.63, 3.8) is 0 Å². The molecule has 6 heteroatoms. The number of halogens is 3. The largest absolute Gasteiger partial charge is 0.418 e. The van der Waals surface area contributed by atoms with Gasteiger partial charge in [-0.05, 0) is 18.2 Å². The van der Waals surface area contributed by atoms with E-state index in [2.05, 4.69) is 11.9 Å². The fourth-order valence-electron chi connectivity index (χ4n) is 1.35. The molecule has 0 heterocycles. The predicted molar refractivity (Wildman–Crippen MR) is 71.9 cm³/mol. The molecule has 100 valence electrons. The molecule has 0 saturated heterocycles. The highest BCUT2D eigenvalue weighted by molar-refractivity contribution is 7.99. The van der Waals surface area contributed by atoms with Gasteiger partial charge in [-0.25, -0.2) is 0 Å². The Bertz CT molecular complexity index is 405. The Kier molecular flexibility index (Phi) is 5.40. The molecule has 0 aliphatic rings. The number of alkyl halides is 3. The Labute approximate surface area is 108 Å². The second kappa shape index (κ2) is 6.58. The van der Waals surface area contributed by atoms with Gasteiger partial charge in [-0.3, -0.25) is 0 Å². The van der Waals surface area contributed by atoms with Crippen LogP contribution in [0.25, 0.3) is 0 Å². The summed E-state index contributed by atoms with van der Waals surface area (Å²) in [6, 6.07) is 3.85. The van der Waals surface area contributed by atoms with E-state index in [0.29, 0.717) is 12.2 Å². The van der Waals surface area contributed by atoms with Gasteiger partial charge in [0.05, 0.1) is 5.56 Å². The first-order valence-electron chi connectivity index (χ1n) is 5.34. The minimum atomic E-state index is -4.42. The summed E-state index contributed by atoms with van der Waals surface area (Å²) < 4.78 is 37.8. The number of nitrogens with two attached hydrogens (primary N) is 1. The fourth-order valence-corrected chi connectivity index (χ4v) is 1.93. The van der Waals surface area contributed by atoms with E-state index in [9.17, 15) is 13.2 Å². The SMILES string of the molecule is C=CCSCCNc1ccc(N)c(C(F)(F)F)c1. The standard InChI is InChI=1S/C12H15F3N2S/c1-2-6-18-7-5-17-9-3-4-11(16)10(8-9)12(13,14)15/h2-4,8,17H,1,5-7,16H2. The Morgan fingerprint density at radius 2 is 2.11 bits per heavy atom. The Morgan fingerprint density at radius 1 is 1.39 bits per heavy atom. The van der Waals surface area contributed by atoms with Gasteiger partial charge in [-0.1, -0.05) is 6.08 Å². The van der Waals surface area contributed by atoms with Gasteiger partial charge in [0.25, 0.3) is 0 Å². The molecule has 0 aliphatic carbocycles. The maximum Gasteiger partial charge on any atom is 0.418 e. The zero-order valence-electron chi connectivity index (χ0n) is 9.76. The number of benzene rings is 1. The van der Waals surface area contributed by atoms with Crippen molar-refractivity contribution in [2.24, 2.45) is 0 Å². The topological polar surface area (TPSA) is 38.0 Å². The van der Waals surface area contributed by atoms with E-state index in [-0.39, 0.29) is 5.69 Å². The first-order chi connectivity index (χ1) is 8.45. The number of thioether (sulfide) groups is 1. The summed E-state index contributed by atoms with van der Waals surface area (Å²) in [5, 5.41) is 2.93. The normalized spacial score (nSPS) is 11.3. The van der Waals surface area contributed by atoms with Gasteiger partial charge < -0.3 is 11.1 Å². The summed E-state index contributed by atoms with van der Waals surface area (Å²) in [7, 11) is 0. The molecule has 0 bridgehead atoms. The van der Waals surface area contributed by atoms with Crippen molar-refractivity contribution in [3.05, 3.63) is 36.4 Å². The predicted octanol–water partition coefficient (Wildman–Crippen LogP) is 3.62. The van der Waals surface area contributed by atoms with Gasteiger partial charge >= 0.3 is 6.18 Å². The van der Waals surface area contributed by atoms with Crippen LogP contribution >= 0.6 is 11.8 Å². The van der Waals surface area contributed by atoms with E-state index in [1.165, 1.54) is 6.07 Å². The molecule has 0 unspecified atom stereocenters. The third-order valence-corrected chi connectivity index (χ3v) is 3.13. The Balaban J connectivity index is 2.60. The molecule has 1 aromatic rings. The van der Waals surface area contributed by atoms with Crippen LogP contribution in [0.4, 0.5) is 24.5 Å². The molecule has 1 rings (SSSR count). The van der Waals surface area contributed by atoms with Crippen molar-refractivity contribution < 1.29 is 13.2 Å². The van der Waals surface area contributed by atoms with E-state index in [1.807, 2.05) is 0 Å². The maximum atomic E-state index is 12.6. The zero-order chi connectivity index (χ0) is 13.6. The lowest BCUT2D eigenvalue weighted by Crippen LogP contribution is -2.11. The van der Waals surface area contributed by atoms with Crippen LogP contribution in [-0.4, -0.2) is 18.1 Å². The second-order valence-corrected chi connectivity index (χ2v) is 4.74. The first-order valence-corrected chi connectivity index (χ1v) is 6.50. The minimum Gasteiger partial charge on any atom is -0.398 e. The highest BCUT2D eigenvalue weighted by atomic mass is 32.2. The highest BCUT2D eigenvalue weighted by Crippen LogP contribution is 2.35. The molecule has 0 amide bonds. The summed E-state index contributed by atoms with van der Waals surface area (Å²) in [6.45, 7) is 4.18. The quantitative estimate of drug-likeness (QED) is 0.473. The van der Waals surface area contributed by atoms with Gasteiger partial charge in [0.15, 0.2) is 0 Å². The van der Waals surface area contributed by atoms with Crippen LogP contribution in [0, 0.1) is 0 Å². The van der Waals surface area contributed by atoms with Gasteiger partial charge in [-0.15, -0.1) is 6.58 Å². The third kappa shape index (κ3) is 4.52. The van der Waals surface area contributed by atoms with Gasteiger partial charge in [0.1, 0.15) is 0 Å². The van der Waals surface area contributed by atoms with Crippen LogP contribution in [0.5, 0.6) is 0 Å². The number of anilines is 2. The number of hydrogen-bond donors (Lipinski definition) is 2. The van der Waals surface area contributed by atoms with Crippen molar-refractivity contribution >= 4 is 23.1 Å². The summed E-state index contributed by atoms with van der Waals surface area (Å²) in [5.41, 5.74) is 4.68. The van der Waals surface area contributed by atoms with E-state index in [1.54, 1.807) is 23.9 Å². The second-order valence-electron chi connectivity index (χ2n) is 3.59. The molecule has 3 N–H and O–H groups in total. The molecule has 0 saturated carbocycles. The minimum absolute atomic E-state index is 0.255. The summed E-state index contributed by atoms with van der Waals surface area (Å²) in [6.07, 6.45) is -2.63. The number of rotatable bonds is 6. The number of nitrogen functional groups attached to an aromatic ring is 1. The monoisotopic (exact) mass is 276 g/mol. The van der Waals surface area contributed by atoms with Crippen LogP contribution < -0.4 is 11.1 Å². The van der Waals surface area contributed by atoms with Crippen LogP contribution in [-0.2, 0) is 6.18 Å². The van der Waals surface area contributed by atoms with E-state index < -0.39 is 11.7 Å². The molecule has 0 radical (unpaired) electrons. The van der Waals surface area contributed by atoms with Crippen molar-refractivity contribution in [1.82, 2.24) is 0 Å². The lowest BCUT2D eigenvalue weighted by molar-refractivity contribution is -0.136. The average Bonchev–Trinajstić information content (AvgIpc) is 2.29. The van der Waals surface area contributed by atoms with Crippen molar-refractivity contribution in [2.75, 3.05) is 29.1 Å². The van der Waals surface area contributed by atoms with Crippen LogP contribution in [0.2, 0.25) is 0 Å². The first kappa shape index (κ1) is 14.8. The summed E-state index contributed by atoms with van der Waals surface area (Å²) in [4.78, 5) is 0. The molecule has 0 fully saturated rings. The van der Waals surface area contributed by atoms with Crippen LogP contribution in [0.1, 0.15) is 5.56 Å². The van der Waals surface area contributed by atoms with Crippen LogP contribution in [0.15, 0.2) is 30.9 Å². The van der Waals surface area contributed by atoms with Gasteiger partial charge in [-0.2, -0.15) is 24.9 Å². The van der Waals surface area contributed by atoms with Gasteiger partial charge in [0.2, 0.25) is 0 Å². The zero-order valence-corrected chi connectivity index (χ0v) is 10.6. The molecular weight excluding hydrogens is 261 g/mol. The fraction of sp³-hybridized carbons (Fsp3) is 0.333. The summed E-state index contributed by atoms with van der Waals surface area (Å²) in [5.74, 6) is 1.63. The summed E-state index contributed by atoms with van der Waals surface area (Å²) >= 11 is 1.66. The molecule has 0 spiro atoms. The average molecular weight is 276 g/mol. The molecule has 0 aromatic heterocycles. The Hall–Kier alpha value is -1.30. The van der Waals surface area contributed by atoms with E-state index in [4.69, 9.17) is 5.73 Å². The molecule has 2 nitrogen and oxygen atoms in total. The number of nitrogens with one attached hydrogen (secondary N) is 1. The van der Waals surface area contributed by atoms with Gasteiger partial charge in [0, 0.05) is 29.4 Å². The lowest BCUT2D eigenvalue weighted by Gasteiger charge is -2.12. The molecule has 1 aromatic carbocycles. The van der Waals surface area contributed by atoms with Crippen LogP contribution in [0.3, 0.4) is 0 Å². The van der Waals surface area contributed by atoms with E-state index in [0.717, 1.165) is 17.6 Å². The van der Waals surface area contributed by atoms with Crippen molar-refractivity contribution in [2.45, 2.75) is 6.18 Å². The lowest BCUT2D eigenvalue weighted by atomic mass is 10.1. The molecule has 0 aliphatic heterocycles. The van der Waals surface area contributed by atoms with E-state index >= 15 is 0 Å². The highest BCUT2D eigenvalue weighted by Gasteiger charge is 2.33. The Morgan fingerprint density at radius 3 is 2.72 bits per heavy atom. The van der Waals surface area contributed by atoms with Crippen molar-refractivity contribution in [1.29, 1.82) is 0 Å². The van der Waals surface area contributed by atoms with Crippen molar-refractivity contribution in [3.8, 4) is 0 Å². The smallest absolute Gasteiger partial charge is 0.398 e. The maximum absolute atomic E-state index is 12.6. The number of hydrogen-bond acceptors (Lipinski definition) is 3. The molecule has 18 heavy (non-hydrogen) atoms. The molecule has 0 atom stereocenters.